The molecule has 0 saturated heterocycles. The van der Waals surface area contributed by atoms with Crippen molar-refractivity contribution in [1.82, 2.24) is 5.43 Å². The number of amides is 1. The van der Waals surface area contributed by atoms with Gasteiger partial charge in [0.05, 0.1) is 21.1 Å². The van der Waals surface area contributed by atoms with E-state index in [1.54, 1.807) is 30.3 Å². The molecule has 6 heteroatoms. The van der Waals surface area contributed by atoms with Crippen LogP contribution in [0.15, 0.2) is 40.8 Å². The van der Waals surface area contributed by atoms with Crippen molar-refractivity contribution in [2.75, 3.05) is 0 Å². The zero-order chi connectivity index (χ0) is 13.0. The average molecular weight is 299 g/mol. The molecule has 2 rings (SSSR count). The Morgan fingerprint density at radius 2 is 1.94 bits per heavy atom. The molecular weight excluding hydrogens is 291 g/mol. The number of halogens is 2. The quantitative estimate of drug-likeness (QED) is 0.679. The number of rotatable bonds is 3. The first-order valence-corrected chi connectivity index (χ1v) is 6.63. The molecule has 0 aliphatic heterocycles. The zero-order valence-corrected chi connectivity index (χ0v) is 11.4. The molecular formula is C12H8Cl2N2OS. The highest BCUT2D eigenvalue weighted by Gasteiger charge is 2.05. The number of nitrogens with zero attached hydrogens (tertiary/aromatic N) is 1. The summed E-state index contributed by atoms with van der Waals surface area (Å²) >= 11 is 13.3. The lowest BCUT2D eigenvalue weighted by molar-refractivity contribution is 0.0959. The van der Waals surface area contributed by atoms with Crippen LogP contribution in [-0.2, 0) is 0 Å². The first-order chi connectivity index (χ1) is 8.68. The predicted octanol–water partition coefficient (Wildman–Crippen LogP) is 3.82. The van der Waals surface area contributed by atoms with Crippen molar-refractivity contribution in [2.45, 2.75) is 0 Å². The summed E-state index contributed by atoms with van der Waals surface area (Å²) in [6.45, 7) is 0. The Morgan fingerprint density at radius 3 is 2.56 bits per heavy atom. The van der Waals surface area contributed by atoms with E-state index in [1.807, 2.05) is 5.38 Å². The Morgan fingerprint density at radius 1 is 1.22 bits per heavy atom. The van der Waals surface area contributed by atoms with Gasteiger partial charge in [-0.15, -0.1) is 11.3 Å². The van der Waals surface area contributed by atoms with Gasteiger partial charge in [0.2, 0.25) is 0 Å². The zero-order valence-electron chi connectivity index (χ0n) is 9.06. The fourth-order valence-corrected chi connectivity index (χ4v) is 2.36. The summed E-state index contributed by atoms with van der Waals surface area (Å²) in [5.41, 5.74) is 2.99. The van der Waals surface area contributed by atoms with Crippen LogP contribution in [0.1, 0.15) is 15.2 Å². The molecule has 0 saturated carbocycles. The lowest BCUT2D eigenvalue weighted by atomic mass is 10.2. The fraction of sp³-hybridized carbons (Fsp3) is 0. The molecule has 0 fully saturated rings. The molecule has 3 nitrogen and oxygen atoms in total. The second-order valence-corrected chi connectivity index (χ2v) is 5.07. The third-order valence-electron chi connectivity index (χ3n) is 2.10. The number of hydrogen-bond donors (Lipinski definition) is 1. The van der Waals surface area contributed by atoms with Crippen LogP contribution in [0.4, 0.5) is 0 Å². The molecule has 1 amide bonds. The summed E-state index contributed by atoms with van der Waals surface area (Å²) in [6, 6.07) is 8.67. The molecule has 0 unspecified atom stereocenters. The lowest BCUT2D eigenvalue weighted by Gasteiger charge is -2.00. The highest BCUT2D eigenvalue weighted by Crippen LogP contribution is 2.22. The van der Waals surface area contributed by atoms with E-state index in [1.165, 1.54) is 17.6 Å². The third kappa shape index (κ3) is 3.10. The minimum atomic E-state index is -0.260. The molecule has 0 aliphatic rings. The summed E-state index contributed by atoms with van der Waals surface area (Å²) in [6.07, 6.45) is 1.43. The minimum absolute atomic E-state index is 0.260. The Labute approximate surface area is 118 Å². The number of carbonyl (C=O) groups excluding carboxylic acids is 1. The highest BCUT2D eigenvalue weighted by molar-refractivity contribution is 7.12. The predicted molar refractivity (Wildman–Crippen MR) is 75.8 cm³/mol. The lowest BCUT2D eigenvalue weighted by Crippen LogP contribution is -2.16. The molecule has 2 aromatic rings. The maximum atomic E-state index is 11.6. The molecule has 18 heavy (non-hydrogen) atoms. The van der Waals surface area contributed by atoms with Gasteiger partial charge in [0, 0.05) is 5.56 Å². The molecule has 0 radical (unpaired) electrons. The van der Waals surface area contributed by atoms with Gasteiger partial charge in [0.25, 0.3) is 5.91 Å². The second kappa shape index (κ2) is 6.00. The number of hydrazone groups is 1. The summed E-state index contributed by atoms with van der Waals surface area (Å²) in [5, 5.41) is 6.62. The van der Waals surface area contributed by atoms with Gasteiger partial charge in [0.1, 0.15) is 0 Å². The largest absolute Gasteiger partial charge is 0.281 e. The molecule has 1 aromatic heterocycles. The van der Waals surface area contributed by atoms with Gasteiger partial charge in [-0.05, 0) is 23.6 Å². The number of carbonyl (C=O) groups is 1. The number of nitrogens with one attached hydrogen (secondary N) is 1. The topological polar surface area (TPSA) is 41.5 Å². The molecule has 1 aromatic carbocycles. The van der Waals surface area contributed by atoms with Crippen LogP contribution in [0.25, 0.3) is 0 Å². The minimum Gasteiger partial charge on any atom is -0.266 e. The summed E-state index contributed by atoms with van der Waals surface area (Å²) in [7, 11) is 0. The Kier molecular flexibility index (Phi) is 4.36. The van der Waals surface area contributed by atoms with Crippen molar-refractivity contribution in [1.29, 1.82) is 0 Å². The fourth-order valence-electron chi connectivity index (χ4n) is 1.25. The van der Waals surface area contributed by atoms with Crippen molar-refractivity contribution in [3.8, 4) is 0 Å². The third-order valence-corrected chi connectivity index (χ3v) is 3.63. The second-order valence-electron chi connectivity index (χ2n) is 3.31. The Hall–Kier alpha value is -1.36. The van der Waals surface area contributed by atoms with Gasteiger partial charge in [0.15, 0.2) is 0 Å². The summed E-state index contributed by atoms with van der Waals surface area (Å²) in [4.78, 5) is 12.2. The van der Waals surface area contributed by atoms with Gasteiger partial charge in [-0.25, -0.2) is 5.43 Å². The van der Waals surface area contributed by atoms with E-state index < -0.39 is 0 Å². The van der Waals surface area contributed by atoms with Crippen molar-refractivity contribution in [3.63, 3.8) is 0 Å². The molecule has 0 aliphatic carbocycles. The van der Waals surface area contributed by atoms with E-state index in [0.29, 0.717) is 20.5 Å². The smallest absolute Gasteiger partial charge is 0.266 e. The van der Waals surface area contributed by atoms with E-state index in [4.69, 9.17) is 23.2 Å². The van der Waals surface area contributed by atoms with Crippen LogP contribution in [0.2, 0.25) is 10.0 Å². The van der Waals surface area contributed by atoms with Gasteiger partial charge in [-0.3, -0.25) is 4.79 Å². The normalized spacial score (nSPS) is 10.8. The SMILES string of the molecule is O=C(N/N=C/c1c(Cl)cccc1Cl)c1cccs1. The van der Waals surface area contributed by atoms with Gasteiger partial charge in [-0.1, -0.05) is 35.3 Å². The molecule has 0 spiro atoms. The average Bonchev–Trinajstić information content (AvgIpc) is 2.86. The van der Waals surface area contributed by atoms with Crippen LogP contribution in [0.3, 0.4) is 0 Å². The molecule has 0 atom stereocenters. The van der Waals surface area contributed by atoms with Crippen molar-refractivity contribution in [3.05, 3.63) is 56.2 Å². The first-order valence-electron chi connectivity index (χ1n) is 4.99. The highest BCUT2D eigenvalue weighted by atomic mass is 35.5. The van der Waals surface area contributed by atoms with Crippen molar-refractivity contribution >= 4 is 46.7 Å². The van der Waals surface area contributed by atoms with E-state index >= 15 is 0 Å². The number of hydrogen-bond acceptors (Lipinski definition) is 3. The maximum Gasteiger partial charge on any atom is 0.281 e. The molecule has 1 heterocycles. The van der Waals surface area contributed by atoms with Crippen LogP contribution in [-0.4, -0.2) is 12.1 Å². The number of thiophene rings is 1. The van der Waals surface area contributed by atoms with Crippen LogP contribution < -0.4 is 5.43 Å². The van der Waals surface area contributed by atoms with Crippen LogP contribution >= 0.6 is 34.5 Å². The van der Waals surface area contributed by atoms with Crippen LogP contribution in [0, 0.1) is 0 Å². The van der Waals surface area contributed by atoms with Crippen LogP contribution in [0.5, 0.6) is 0 Å². The maximum absolute atomic E-state index is 11.6. The molecule has 1 N–H and O–H groups in total. The van der Waals surface area contributed by atoms with Gasteiger partial charge >= 0.3 is 0 Å². The molecule has 0 bridgehead atoms. The van der Waals surface area contributed by atoms with Gasteiger partial charge in [-0.2, -0.15) is 5.10 Å². The van der Waals surface area contributed by atoms with E-state index in [-0.39, 0.29) is 5.91 Å². The van der Waals surface area contributed by atoms with Gasteiger partial charge < -0.3 is 0 Å². The van der Waals surface area contributed by atoms with E-state index in [2.05, 4.69) is 10.5 Å². The van der Waals surface area contributed by atoms with E-state index in [0.717, 1.165) is 0 Å². The van der Waals surface area contributed by atoms with Crippen molar-refractivity contribution in [2.24, 2.45) is 5.10 Å². The Bertz CT molecular complexity index is 562. The molecule has 92 valence electrons. The summed E-state index contributed by atoms with van der Waals surface area (Å²) in [5.74, 6) is -0.260. The monoisotopic (exact) mass is 298 g/mol. The van der Waals surface area contributed by atoms with E-state index in [9.17, 15) is 4.79 Å². The van der Waals surface area contributed by atoms with Crippen molar-refractivity contribution < 1.29 is 4.79 Å². The first kappa shape index (κ1) is 13.1. The summed E-state index contributed by atoms with van der Waals surface area (Å²) < 4.78 is 0. The standard InChI is InChI=1S/C12H8Cl2N2OS/c13-9-3-1-4-10(14)8(9)7-15-16-12(17)11-5-2-6-18-11/h1-7H,(H,16,17)/b15-7+. The number of benzene rings is 1. The Balaban J connectivity index is 2.06.